The van der Waals surface area contributed by atoms with Crippen LogP contribution in [-0.4, -0.2) is 72.6 Å². The van der Waals surface area contributed by atoms with Gasteiger partial charge in [-0.3, -0.25) is 14.5 Å². The van der Waals surface area contributed by atoms with Crippen molar-refractivity contribution in [1.82, 2.24) is 9.80 Å². The number of ether oxygens (including phenoxy) is 2. The highest BCUT2D eigenvalue weighted by molar-refractivity contribution is 6.46. The quantitative estimate of drug-likeness (QED) is 0.268. The largest absolute Gasteiger partial charge is 0.507 e. The minimum absolute atomic E-state index is 0.0500. The van der Waals surface area contributed by atoms with Gasteiger partial charge >= 0.3 is 0 Å². The van der Waals surface area contributed by atoms with Gasteiger partial charge in [0.25, 0.3) is 11.7 Å². The SMILES string of the molecule is C=CCOc1ccc(/C(O)=C2\C(=O)C(=O)N(CCN3CCOCC3)[C@@H]2c2cccc(Cl)c2)cc1. The van der Waals surface area contributed by atoms with E-state index in [1.54, 1.807) is 48.5 Å². The van der Waals surface area contributed by atoms with Crippen LogP contribution >= 0.6 is 11.6 Å². The molecule has 0 spiro atoms. The molecule has 0 radical (unpaired) electrons. The number of likely N-dealkylation sites (tertiary alicyclic amines) is 1. The van der Waals surface area contributed by atoms with Gasteiger partial charge in [-0.25, -0.2) is 0 Å². The lowest BCUT2D eigenvalue weighted by molar-refractivity contribution is -0.140. The first kappa shape index (κ1) is 24.0. The summed E-state index contributed by atoms with van der Waals surface area (Å²) in [6, 6.07) is 13.0. The molecule has 0 aliphatic carbocycles. The van der Waals surface area contributed by atoms with Gasteiger partial charge in [0.1, 0.15) is 18.1 Å². The van der Waals surface area contributed by atoms with E-state index in [4.69, 9.17) is 21.1 Å². The van der Waals surface area contributed by atoms with E-state index in [-0.39, 0.29) is 11.3 Å². The second-order valence-electron chi connectivity index (χ2n) is 8.13. The number of nitrogens with zero attached hydrogens (tertiary/aromatic N) is 2. The molecule has 2 fully saturated rings. The third kappa shape index (κ3) is 5.17. The second kappa shape index (κ2) is 10.9. The lowest BCUT2D eigenvalue weighted by atomic mass is 9.95. The molecule has 2 aromatic rings. The molecule has 2 aromatic carbocycles. The molecular formula is C26H27ClN2O5. The number of ketones is 1. The molecule has 0 saturated carbocycles. The molecule has 2 aliphatic heterocycles. The van der Waals surface area contributed by atoms with E-state index in [2.05, 4.69) is 11.5 Å². The van der Waals surface area contributed by atoms with Gasteiger partial charge in [0.15, 0.2) is 0 Å². The first-order valence-corrected chi connectivity index (χ1v) is 11.6. The number of Topliss-reactive ketones (excluding diaryl/α,β-unsaturated/α-hetero) is 1. The fourth-order valence-electron chi connectivity index (χ4n) is 4.23. The molecule has 1 atom stereocenters. The van der Waals surface area contributed by atoms with Gasteiger partial charge in [-0.1, -0.05) is 36.4 Å². The number of morpholine rings is 1. The molecule has 178 valence electrons. The van der Waals surface area contributed by atoms with Crippen molar-refractivity contribution in [3.63, 3.8) is 0 Å². The van der Waals surface area contributed by atoms with Gasteiger partial charge in [0.05, 0.1) is 24.8 Å². The summed E-state index contributed by atoms with van der Waals surface area (Å²) in [5.74, 6) is -0.969. The van der Waals surface area contributed by atoms with E-state index >= 15 is 0 Å². The average molecular weight is 483 g/mol. The number of carbonyl (C=O) groups excluding carboxylic acids is 2. The topological polar surface area (TPSA) is 79.3 Å². The van der Waals surface area contributed by atoms with Crippen LogP contribution in [-0.2, 0) is 14.3 Å². The number of hydrogen-bond acceptors (Lipinski definition) is 6. The number of rotatable bonds is 8. The Bertz CT molecular complexity index is 1090. The predicted molar refractivity (Wildman–Crippen MR) is 130 cm³/mol. The Morgan fingerprint density at radius 3 is 2.56 bits per heavy atom. The molecular weight excluding hydrogens is 456 g/mol. The van der Waals surface area contributed by atoms with Crippen LogP contribution in [0, 0.1) is 0 Å². The second-order valence-corrected chi connectivity index (χ2v) is 8.56. The monoisotopic (exact) mass is 482 g/mol. The van der Waals surface area contributed by atoms with E-state index in [0.29, 0.717) is 54.8 Å². The van der Waals surface area contributed by atoms with Crippen LogP contribution in [0.25, 0.3) is 5.76 Å². The molecule has 34 heavy (non-hydrogen) atoms. The summed E-state index contributed by atoms with van der Waals surface area (Å²) in [7, 11) is 0. The predicted octanol–water partition coefficient (Wildman–Crippen LogP) is 3.66. The lowest BCUT2D eigenvalue weighted by Gasteiger charge is -2.31. The van der Waals surface area contributed by atoms with Crippen LogP contribution in [0.15, 0.2) is 66.8 Å². The van der Waals surface area contributed by atoms with Crippen molar-refractivity contribution >= 4 is 29.1 Å². The third-order valence-electron chi connectivity index (χ3n) is 5.96. The number of carbonyl (C=O) groups is 2. The standard InChI is InChI=1S/C26H27ClN2O5/c1-2-14-34-21-8-6-18(7-9-21)24(30)22-23(19-4-3-5-20(27)17-19)29(26(32)25(22)31)11-10-28-12-15-33-16-13-28/h2-9,17,23,30H,1,10-16H2/b24-22+/t23-/m1/s1. The van der Waals surface area contributed by atoms with Crippen molar-refractivity contribution in [3.8, 4) is 5.75 Å². The molecule has 0 aromatic heterocycles. The summed E-state index contributed by atoms with van der Waals surface area (Å²) >= 11 is 6.24. The molecule has 7 nitrogen and oxygen atoms in total. The van der Waals surface area contributed by atoms with E-state index < -0.39 is 17.7 Å². The van der Waals surface area contributed by atoms with Gasteiger partial charge in [-0.15, -0.1) is 0 Å². The zero-order valence-electron chi connectivity index (χ0n) is 18.8. The highest BCUT2D eigenvalue weighted by atomic mass is 35.5. The zero-order chi connectivity index (χ0) is 24.1. The average Bonchev–Trinajstić information content (AvgIpc) is 3.11. The van der Waals surface area contributed by atoms with E-state index in [1.165, 1.54) is 4.90 Å². The van der Waals surface area contributed by atoms with E-state index in [0.717, 1.165) is 13.1 Å². The number of aliphatic hydroxyl groups excluding tert-OH is 1. The molecule has 4 rings (SSSR count). The summed E-state index contributed by atoms with van der Waals surface area (Å²) < 4.78 is 10.9. The summed E-state index contributed by atoms with van der Waals surface area (Å²) in [4.78, 5) is 30.0. The number of hydrogen-bond donors (Lipinski definition) is 1. The molecule has 1 amide bonds. The Morgan fingerprint density at radius 2 is 1.88 bits per heavy atom. The normalized spacial score (nSPS) is 20.5. The van der Waals surface area contributed by atoms with Gasteiger partial charge in [0.2, 0.25) is 0 Å². The fraction of sp³-hybridized carbons (Fsp3) is 0.308. The van der Waals surface area contributed by atoms with Crippen molar-refractivity contribution in [3.05, 3.63) is 82.9 Å². The van der Waals surface area contributed by atoms with Crippen molar-refractivity contribution in [2.24, 2.45) is 0 Å². The van der Waals surface area contributed by atoms with E-state index in [1.807, 2.05) is 6.07 Å². The maximum Gasteiger partial charge on any atom is 0.295 e. The number of aliphatic hydroxyl groups is 1. The van der Waals surface area contributed by atoms with Crippen molar-refractivity contribution in [1.29, 1.82) is 0 Å². The molecule has 2 aliphatic rings. The molecule has 2 saturated heterocycles. The summed E-state index contributed by atoms with van der Waals surface area (Å²) in [5, 5.41) is 11.7. The van der Waals surface area contributed by atoms with Gasteiger partial charge in [0, 0.05) is 36.8 Å². The van der Waals surface area contributed by atoms with Crippen LogP contribution in [0.4, 0.5) is 0 Å². The maximum atomic E-state index is 13.1. The first-order valence-electron chi connectivity index (χ1n) is 11.2. The van der Waals surface area contributed by atoms with E-state index in [9.17, 15) is 14.7 Å². The Kier molecular flexibility index (Phi) is 7.67. The Labute approximate surface area is 203 Å². The third-order valence-corrected chi connectivity index (χ3v) is 6.20. The van der Waals surface area contributed by atoms with Crippen LogP contribution in [0.2, 0.25) is 5.02 Å². The van der Waals surface area contributed by atoms with Crippen molar-refractivity contribution < 1.29 is 24.2 Å². The molecule has 2 heterocycles. The Morgan fingerprint density at radius 1 is 1.15 bits per heavy atom. The first-order chi connectivity index (χ1) is 16.5. The highest BCUT2D eigenvalue weighted by Gasteiger charge is 2.46. The molecule has 8 heteroatoms. The number of amides is 1. The fourth-order valence-corrected chi connectivity index (χ4v) is 4.43. The summed E-state index contributed by atoms with van der Waals surface area (Å²) in [6.07, 6.45) is 1.64. The number of benzene rings is 2. The minimum atomic E-state index is -0.739. The highest BCUT2D eigenvalue weighted by Crippen LogP contribution is 2.40. The van der Waals surface area contributed by atoms with Crippen LogP contribution in [0.1, 0.15) is 17.2 Å². The van der Waals surface area contributed by atoms with Crippen LogP contribution < -0.4 is 4.74 Å². The van der Waals surface area contributed by atoms with Crippen LogP contribution in [0.5, 0.6) is 5.75 Å². The smallest absolute Gasteiger partial charge is 0.295 e. The Balaban J connectivity index is 1.69. The number of halogens is 1. The molecule has 0 bridgehead atoms. The zero-order valence-corrected chi connectivity index (χ0v) is 19.5. The van der Waals surface area contributed by atoms with Gasteiger partial charge in [-0.05, 0) is 42.0 Å². The van der Waals surface area contributed by atoms with Crippen molar-refractivity contribution in [2.75, 3.05) is 46.0 Å². The van der Waals surface area contributed by atoms with Gasteiger partial charge in [-0.2, -0.15) is 0 Å². The van der Waals surface area contributed by atoms with Crippen LogP contribution in [0.3, 0.4) is 0 Å². The summed E-state index contributed by atoms with van der Waals surface area (Å²) in [6.45, 7) is 7.74. The molecule has 1 N–H and O–H groups in total. The van der Waals surface area contributed by atoms with Crippen molar-refractivity contribution in [2.45, 2.75) is 6.04 Å². The summed E-state index contributed by atoms with van der Waals surface area (Å²) in [5.41, 5.74) is 1.14. The lowest BCUT2D eigenvalue weighted by Crippen LogP contribution is -2.42. The Hall–Kier alpha value is -3.13. The minimum Gasteiger partial charge on any atom is -0.507 e. The molecule has 0 unspecified atom stereocenters. The maximum absolute atomic E-state index is 13.1. The van der Waals surface area contributed by atoms with Gasteiger partial charge < -0.3 is 19.5 Å².